The van der Waals surface area contributed by atoms with E-state index in [1.54, 1.807) is 0 Å². The number of esters is 1. The molecule has 0 aliphatic carbocycles. The van der Waals surface area contributed by atoms with E-state index in [-0.39, 0.29) is 12.2 Å². The van der Waals surface area contributed by atoms with Crippen LogP contribution in [0.4, 0.5) is 0 Å². The fourth-order valence-electron chi connectivity index (χ4n) is 0.661. The zero-order valence-electron chi connectivity index (χ0n) is 9.67. The van der Waals surface area contributed by atoms with Crippen LogP contribution in [0.2, 0.25) is 0 Å². The van der Waals surface area contributed by atoms with Gasteiger partial charge in [0.05, 0.1) is 6.42 Å². The maximum atomic E-state index is 10.8. The molecule has 0 saturated heterocycles. The number of isocyanates is 1. The van der Waals surface area contributed by atoms with E-state index in [9.17, 15) is 19.2 Å². The van der Waals surface area contributed by atoms with Crippen molar-refractivity contribution in [2.24, 2.45) is 16.7 Å². The summed E-state index contributed by atoms with van der Waals surface area (Å²) in [5, 5.41) is 2.43. The molecular weight excluding hydrogens is 246 g/mol. The van der Waals surface area contributed by atoms with E-state index in [0.29, 0.717) is 0 Å². The highest BCUT2D eigenvalue weighted by atomic mass is 16.5. The molecule has 0 aliphatic rings. The molecule has 0 aromatic heterocycles. The number of hydrogen-bond acceptors (Lipinski definition) is 8. The van der Waals surface area contributed by atoms with E-state index in [4.69, 9.17) is 10.5 Å². The minimum Gasteiger partial charge on any atom is -0.457 e. The fraction of sp³-hybridized carbons (Fsp3) is 0.444. The summed E-state index contributed by atoms with van der Waals surface area (Å²) < 4.78 is 4.40. The molecule has 9 nitrogen and oxygen atoms in total. The number of rotatable bonds is 6. The van der Waals surface area contributed by atoms with Crippen molar-refractivity contribution in [2.45, 2.75) is 19.8 Å². The van der Waals surface area contributed by atoms with Gasteiger partial charge in [-0.15, -0.1) is 0 Å². The van der Waals surface area contributed by atoms with Gasteiger partial charge in [0, 0.05) is 0 Å². The molecule has 0 radical (unpaired) electrons. The molecule has 0 atom stereocenters. The number of nitrogens with zero attached hydrogens (tertiary/aromatic N) is 1. The number of ketones is 2. The van der Waals surface area contributed by atoms with Gasteiger partial charge in [0.1, 0.15) is 12.2 Å². The van der Waals surface area contributed by atoms with Gasteiger partial charge in [-0.25, -0.2) is 4.79 Å². The molecule has 1 amide bonds. The molecule has 0 aromatic rings. The summed E-state index contributed by atoms with van der Waals surface area (Å²) >= 11 is 0. The molecule has 0 aromatic carbocycles. The van der Waals surface area contributed by atoms with Gasteiger partial charge in [-0.3, -0.25) is 19.2 Å². The Morgan fingerprint density at radius 3 is 2.06 bits per heavy atom. The van der Waals surface area contributed by atoms with Gasteiger partial charge in [0.2, 0.25) is 5.91 Å². The van der Waals surface area contributed by atoms with Crippen LogP contribution in [-0.2, 0) is 28.7 Å². The molecule has 0 rings (SSSR count). The normalized spacial score (nSPS) is 8.06. The second-order valence-electron chi connectivity index (χ2n) is 2.94. The molecule has 100 valence electrons. The van der Waals surface area contributed by atoms with Crippen LogP contribution in [0.15, 0.2) is 5.10 Å². The van der Waals surface area contributed by atoms with Gasteiger partial charge in [-0.2, -0.15) is 0 Å². The maximum absolute atomic E-state index is 10.8. The molecule has 0 spiro atoms. The molecule has 0 aliphatic heterocycles. The average molecular weight is 259 g/mol. The second-order valence-corrected chi connectivity index (χ2v) is 2.94. The standard InChI is InChI=1S/C8H11NO5.CH2N2O/c1-5(10)2-8(13)14-4-6(11)3-7(9)12;2-3-1-4/h2-4H2,1H3,(H2,9,12);2H2. The van der Waals surface area contributed by atoms with Gasteiger partial charge >= 0.3 is 5.97 Å². The average Bonchev–Trinajstić information content (AvgIpc) is 2.25. The highest BCUT2D eigenvalue weighted by Crippen LogP contribution is 1.90. The van der Waals surface area contributed by atoms with Crippen LogP contribution >= 0.6 is 0 Å². The van der Waals surface area contributed by atoms with Crippen molar-refractivity contribution in [2.75, 3.05) is 6.61 Å². The van der Waals surface area contributed by atoms with Crippen LogP contribution in [-0.4, -0.2) is 36.1 Å². The zero-order chi connectivity index (χ0) is 14.6. The first-order valence-electron chi connectivity index (χ1n) is 4.55. The summed E-state index contributed by atoms with van der Waals surface area (Å²) in [6, 6.07) is 0. The third-order valence-electron chi connectivity index (χ3n) is 1.21. The van der Waals surface area contributed by atoms with E-state index in [1.807, 2.05) is 0 Å². The number of primary amides is 1. The number of nitrogens with two attached hydrogens (primary N) is 2. The number of Topliss-reactive ketones (excluding diaryl/α,β-unsaturated/α-hetero) is 2. The van der Waals surface area contributed by atoms with E-state index in [2.05, 4.69) is 15.7 Å². The molecule has 0 saturated carbocycles. The minimum atomic E-state index is -0.782. The Bertz CT molecular complexity index is 344. The van der Waals surface area contributed by atoms with Crippen LogP contribution in [0.25, 0.3) is 0 Å². The Morgan fingerprint density at radius 2 is 1.72 bits per heavy atom. The first-order chi connectivity index (χ1) is 8.33. The van der Waals surface area contributed by atoms with Crippen molar-refractivity contribution in [1.82, 2.24) is 0 Å². The van der Waals surface area contributed by atoms with Crippen molar-refractivity contribution in [3.05, 3.63) is 0 Å². The van der Waals surface area contributed by atoms with E-state index in [1.165, 1.54) is 6.92 Å². The van der Waals surface area contributed by atoms with Gasteiger partial charge in [0.25, 0.3) is 6.08 Å². The van der Waals surface area contributed by atoms with Gasteiger partial charge in [0.15, 0.2) is 12.4 Å². The molecule has 0 fully saturated rings. The van der Waals surface area contributed by atoms with Gasteiger partial charge in [-0.1, -0.05) is 5.10 Å². The summed E-state index contributed by atoms with van der Waals surface area (Å²) in [6.07, 6.45) is 0.247. The molecule has 18 heavy (non-hydrogen) atoms. The van der Waals surface area contributed by atoms with Crippen LogP contribution in [0.1, 0.15) is 19.8 Å². The predicted molar refractivity (Wildman–Crippen MR) is 57.4 cm³/mol. The highest BCUT2D eigenvalue weighted by Gasteiger charge is 2.11. The lowest BCUT2D eigenvalue weighted by Gasteiger charge is -2.00. The van der Waals surface area contributed by atoms with Gasteiger partial charge < -0.3 is 16.3 Å². The van der Waals surface area contributed by atoms with Crippen molar-refractivity contribution in [3.63, 3.8) is 0 Å². The quantitative estimate of drug-likeness (QED) is 0.141. The Hall–Kier alpha value is -2.54. The summed E-state index contributed by atoms with van der Waals surface area (Å²) in [4.78, 5) is 50.9. The van der Waals surface area contributed by atoms with E-state index < -0.39 is 30.7 Å². The molecule has 0 unspecified atom stereocenters. The lowest BCUT2D eigenvalue weighted by Crippen LogP contribution is -2.21. The SMILES string of the molecule is CC(=O)CC(=O)OCC(=O)CC(N)=O.NN=C=O. The summed E-state index contributed by atoms with van der Waals surface area (Å²) in [7, 11) is 0. The second kappa shape index (κ2) is 11.0. The number of hydrogen-bond donors (Lipinski definition) is 2. The first-order valence-corrected chi connectivity index (χ1v) is 4.55. The zero-order valence-corrected chi connectivity index (χ0v) is 9.67. The molecule has 0 heterocycles. The molecule has 4 N–H and O–H groups in total. The van der Waals surface area contributed by atoms with Crippen LogP contribution in [0, 0.1) is 0 Å². The number of carbonyl (C=O) groups is 4. The molecular formula is C9H13N3O6. The first kappa shape index (κ1) is 17.8. The van der Waals surface area contributed by atoms with Crippen LogP contribution < -0.4 is 11.6 Å². The minimum absolute atomic E-state index is 0.350. The predicted octanol–water partition coefficient (Wildman–Crippen LogP) is -1.85. The highest BCUT2D eigenvalue weighted by molar-refractivity contribution is 5.99. The number of carbonyl (C=O) groups excluding carboxylic acids is 5. The van der Waals surface area contributed by atoms with Crippen LogP contribution in [0.3, 0.4) is 0 Å². The molecule has 9 heteroatoms. The fourth-order valence-corrected chi connectivity index (χ4v) is 0.661. The lowest BCUT2D eigenvalue weighted by molar-refractivity contribution is -0.150. The van der Waals surface area contributed by atoms with Crippen molar-refractivity contribution < 1.29 is 28.7 Å². The number of hydrazone groups is 1. The van der Waals surface area contributed by atoms with Crippen molar-refractivity contribution >= 4 is 29.5 Å². The Labute approximate surface area is 102 Å². The summed E-state index contributed by atoms with van der Waals surface area (Å²) in [5.74, 6) is 1.73. The topological polar surface area (TPSA) is 159 Å². The summed E-state index contributed by atoms with van der Waals surface area (Å²) in [6.45, 7) is 0.710. The largest absolute Gasteiger partial charge is 0.457 e. The van der Waals surface area contributed by atoms with Gasteiger partial charge in [-0.05, 0) is 6.92 Å². The Kier molecular flexibility index (Phi) is 10.9. The smallest absolute Gasteiger partial charge is 0.313 e. The molecule has 0 bridgehead atoms. The lowest BCUT2D eigenvalue weighted by atomic mass is 10.3. The van der Waals surface area contributed by atoms with Crippen LogP contribution in [0.5, 0.6) is 0 Å². The number of amides is 1. The van der Waals surface area contributed by atoms with E-state index in [0.717, 1.165) is 6.08 Å². The monoisotopic (exact) mass is 259 g/mol. The summed E-state index contributed by atoms with van der Waals surface area (Å²) in [5.41, 5.74) is 4.73. The third kappa shape index (κ3) is 15.9. The number of ether oxygens (including phenoxy) is 1. The van der Waals surface area contributed by atoms with E-state index >= 15 is 0 Å². The Balaban J connectivity index is 0. The third-order valence-corrected chi connectivity index (χ3v) is 1.21. The van der Waals surface area contributed by atoms with Crippen molar-refractivity contribution in [3.8, 4) is 0 Å². The maximum Gasteiger partial charge on any atom is 0.313 e. The Morgan fingerprint density at radius 1 is 1.22 bits per heavy atom. The van der Waals surface area contributed by atoms with Crippen molar-refractivity contribution in [1.29, 1.82) is 0 Å².